The Morgan fingerprint density at radius 3 is 3.04 bits per heavy atom. The summed E-state index contributed by atoms with van der Waals surface area (Å²) in [5, 5.41) is 3.61. The Bertz CT molecular complexity index is 873. The number of benzene rings is 2. The number of carbonyl (C=O) groups excluding carboxylic acids is 1. The van der Waals surface area contributed by atoms with E-state index in [4.69, 9.17) is 10.7 Å². The maximum atomic E-state index is 11.1. The second-order valence-corrected chi connectivity index (χ2v) is 7.42. The third-order valence-corrected chi connectivity index (χ3v) is 5.55. The number of aromatic nitrogens is 1. The number of fused-ring (bicyclic) bond motifs is 3. The number of carbonyl (C=O) groups is 1. The molecule has 1 aromatic heterocycles. The fourth-order valence-electron chi connectivity index (χ4n) is 3.47. The lowest BCUT2D eigenvalue weighted by atomic mass is 10.1. The molecule has 0 spiro atoms. The molecule has 0 aliphatic carbocycles. The topological polar surface area (TPSA) is 59.2 Å². The van der Waals surface area contributed by atoms with Gasteiger partial charge in [-0.3, -0.25) is 9.69 Å². The molecule has 1 unspecified atom stereocenters. The molecule has 1 fully saturated rings. The first kappa shape index (κ1) is 14.6. The summed E-state index contributed by atoms with van der Waals surface area (Å²) in [5.41, 5.74) is 6.41. The standard InChI is InChI=1S/C18H19N3OS/c19-16(22)9-12-7-8-21(10-12)11-17-20-18-14-4-2-1-3-13(14)5-6-15(18)23-17/h1-6,12H,7-11H2,(H2,19,22). The minimum Gasteiger partial charge on any atom is -0.370 e. The van der Waals surface area contributed by atoms with Gasteiger partial charge < -0.3 is 5.73 Å². The Balaban J connectivity index is 1.56. The first-order chi connectivity index (χ1) is 11.2. The summed E-state index contributed by atoms with van der Waals surface area (Å²) in [4.78, 5) is 18.3. The van der Waals surface area contributed by atoms with Crippen LogP contribution in [-0.2, 0) is 11.3 Å². The molecule has 0 bridgehead atoms. The molecular weight excluding hydrogens is 306 g/mol. The third-order valence-electron chi connectivity index (χ3n) is 4.55. The predicted octanol–water partition coefficient (Wildman–Crippen LogP) is 3.15. The Morgan fingerprint density at radius 2 is 2.17 bits per heavy atom. The molecule has 23 heavy (non-hydrogen) atoms. The Morgan fingerprint density at radius 1 is 1.30 bits per heavy atom. The van der Waals surface area contributed by atoms with Crippen LogP contribution < -0.4 is 5.73 Å². The van der Waals surface area contributed by atoms with Crippen molar-refractivity contribution in [1.29, 1.82) is 0 Å². The van der Waals surface area contributed by atoms with Crippen LogP contribution in [0.25, 0.3) is 21.0 Å². The maximum absolute atomic E-state index is 11.1. The molecule has 1 saturated heterocycles. The molecule has 4 rings (SSSR count). The molecule has 3 aromatic rings. The minimum atomic E-state index is -0.191. The molecule has 2 aromatic carbocycles. The SMILES string of the molecule is NC(=O)CC1CCN(Cc2nc3c(ccc4ccccc43)s2)C1. The number of amides is 1. The van der Waals surface area contributed by atoms with Crippen LogP contribution in [0.4, 0.5) is 0 Å². The average Bonchev–Trinajstić information content (AvgIpc) is 3.13. The number of hydrogen-bond donors (Lipinski definition) is 1. The second-order valence-electron chi connectivity index (χ2n) is 6.30. The maximum Gasteiger partial charge on any atom is 0.217 e. The van der Waals surface area contributed by atoms with Gasteiger partial charge in [0.05, 0.1) is 16.8 Å². The molecular formula is C18H19N3OS. The highest BCUT2D eigenvalue weighted by molar-refractivity contribution is 7.18. The monoisotopic (exact) mass is 325 g/mol. The molecule has 4 nitrogen and oxygen atoms in total. The lowest BCUT2D eigenvalue weighted by Crippen LogP contribution is -2.22. The van der Waals surface area contributed by atoms with E-state index in [9.17, 15) is 4.79 Å². The number of hydrogen-bond acceptors (Lipinski definition) is 4. The van der Waals surface area contributed by atoms with Gasteiger partial charge in [0.2, 0.25) is 5.91 Å². The van der Waals surface area contributed by atoms with Crippen LogP contribution in [0.5, 0.6) is 0 Å². The van der Waals surface area contributed by atoms with Crippen molar-refractivity contribution in [3.63, 3.8) is 0 Å². The summed E-state index contributed by atoms with van der Waals surface area (Å²) in [6, 6.07) is 12.7. The lowest BCUT2D eigenvalue weighted by Gasteiger charge is -2.13. The van der Waals surface area contributed by atoms with Crippen LogP contribution in [0.2, 0.25) is 0 Å². The number of nitrogens with zero attached hydrogens (tertiary/aromatic N) is 2. The van der Waals surface area contributed by atoms with Crippen molar-refractivity contribution in [3.05, 3.63) is 41.4 Å². The highest BCUT2D eigenvalue weighted by Crippen LogP contribution is 2.30. The highest BCUT2D eigenvalue weighted by atomic mass is 32.1. The Hall–Kier alpha value is -1.98. The van der Waals surface area contributed by atoms with Crippen molar-refractivity contribution in [3.8, 4) is 0 Å². The number of likely N-dealkylation sites (tertiary alicyclic amines) is 1. The normalized spacial score (nSPS) is 18.9. The van der Waals surface area contributed by atoms with Gasteiger partial charge in [-0.25, -0.2) is 4.98 Å². The number of primary amides is 1. The van der Waals surface area contributed by atoms with E-state index >= 15 is 0 Å². The molecule has 5 heteroatoms. The van der Waals surface area contributed by atoms with Gasteiger partial charge in [0, 0.05) is 18.4 Å². The molecule has 0 radical (unpaired) electrons. The summed E-state index contributed by atoms with van der Waals surface area (Å²) in [6.07, 6.45) is 1.55. The van der Waals surface area contributed by atoms with E-state index < -0.39 is 0 Å². The van der Waals surface area contributed by atoms with Crippen LogP contribution in [-0.4, -0.2) is 28.9 Å². The fourth-order valence-corrected chi connectivity index (χ4v) is 4.50. The smallest absolute Gasteiger partial charge is 0.217 e. The second kappa shape index (κ2) is 5.91. The quantitative estimate of drug-likeness (QED) is 0.801. The van der Waals surface area contributed by atoms with Gasteiger partial charge in [0.25, 0.3) is 0 Å². The zero-order valence-electron chi connectivity index (χ0n) is 12.9. The molecule has 118 valence electrons. The van der Waals surface area contributed by atoms with E-state index in [2.05, 4.69) is 41.3 Å². The molecule has 1 aliphatic rings. The van der Waals surface area contributed by atoms with Gasteiger partial charge in [0.1, 0.15) is 5.01 Å². The van der Waals surface area contributed by atoms with Gasteiger partial charge in [-0.2, -0.15) is 0 Å². The summed E-state index contributed by atoms with van der Waals surface area (Å²) < 4.78 is 1.24. The Kier molecular flexibility index (Phi) is 3.75. The van der Waals surface area contributed by atoms with Crippen molar-refractivity contribution >= 4 is 38.2 Å². The van der Waals surface area contributed by atoms with Crippen molar-refractivity contribution < 1.29 is 4.79 Å². The predicted molar refractivity (Wildman–Crippen MR) is 94.3 cm³/mol. The van der Waals surface area contributed by atoms with E-state index in [0.29, 0.717) is 12.3 Å². The van der Waals surface area contributed by atoms with Crippen LogP contribution in [0.3, 0.4) is 0 Å². The zero-order chi connectivity index (χ0) is 15.8. The van der Waals surface area contributed by atoms with E-state index in [1.54, 1.807) is 11.3 Å². The molecule has 0 saturated carbocycles. The lowest BCUT2D eigenvalue weighted by molar-refractivity contribution is -0.118. The summed E-state index contributed by atoms with van der Waals surface area (Å²) in [6.45, 7) is 2.83. The highest BCUT2D eigenvalue weighted by Gasteiger charge is 2.24. The third kappa shape index (κ3) is 2.94. The van der Waals surface area contributed by atoms with Gasteiger partial charge >= 0.3 is 0 Å². The fraction of sp³-hybridized carbons (Fsp3) is 0.333. The first-order valence-corrected chi connectivity index (χ1v) is 8.78. The molecule has 1 aliphatic heterocycles. The minimum absolute atomic E-state index is 0.191. The van der Waals surface area contributed by atoms with E-state index in [1.807, 2.05) is 0 Å². The number of nitrogens with two attached hydrogens (primary N) is 1. The number of thiazole rings is 1. The van der Waals surface area contributed by atoms with Gasteiger partial charge in [0.15, 0.2) is 0 Å². The van der Waals surface area contributed by atoms with Gasteiger partial charge in [-0.1, -0.05) is 30.3 Å². The summed E-state index contributed by atoms with van der Waals surface area (Å²) in [7, 11) is 0. The van der Waals surface area contributed by atoms with E-state index in [1.165, 1.54) is 15.5 Å². The van der Waals surface area contributed by atoms with Crippen molar-refractivity contribution in [2.45, 2.75) is 19.4 Å². The van der Waals surface area contributed by atoms with Crippen molar-refractivity contribution in [2.75, 3.05) is 13.1 Å². The van der Waals surface area contributed by atoms with Crippen LogP contribution in [0.1, 0.15) is 17.8 Å². The van der Waals surface area contributed by atoms with Crippen LogP contribution >= 0.6 is 11.3 Å². The van der Waals surface area contributed by atoms with Crippen molar-refractivity contribution in [2.24, 2.45) is 11.7 Å². The van der Waals surface area contributed by atoms with Crippen molar-refractivity contribution in [1.82, 2.24) is 9.88 Å². The first-order valence-electron chi connectivity index (χ1n) is 7.97. The number of rotatable bonds is 4. The Labute approximate surface area is 138 Å². The van der Waals surface area contributed by atoms with Gasteiger partial charge in [-0.15, -0.1) is 11.3 Å². The molecule has 1 amide bonds. The average molecular weight is 325 g/mol. The molecule has 1 atom stereocenters. The van der Waals surface area contributed by atoms with Crippen LogP contribution in [0.15, 0.2) is 36.4 Å². The molecule has 2 heterocycles. The summed E-state index contributed by atoms with van der Waals surface area (Å²) >= 11 is 1.77. The molecule has 2 N–H and O–H groups in total. The van der Waals surface area contributed by atoms with E-state index in [0.717, 1.165) is 36.6 Å². The zero-order valence-corrected chi connectivity index (χ0v) is 13.7. The van der Waals surface area contributed by atoms with Crippen LogP contribution in [0, 0.1) is 5.92 Å². The summed E-state index contributed by atoms with van der Waals surface area (Å²) in [5.74, 6) is 0.214. The largest absolute Gasteiger partial charge is 0.370 e. The van der Waals surface area contributed by atoms with E-state index in [-0.39, 0.29) is 5.91 Å². The van der Waals surface area contributed by atoms with Gasteiger partial charge in [-0.05, 0) is 30.3 Å².